The number of fused-ring (bicyclic) bond motifs is 2. The number of nitrogens with one attached hydrogen (secondary N) is 2. The Morgan fingerprint density at radius 3 is 1.38 bits per heavy atom. The molecule has 0 saturated carbocycles. The summed E-state index contributed by atoms with van der Waals surface area (Å²) in [7, 11) is 17.2. The van der Waals surface area contributed by atoms with Gasteiger partial charge in [0, 0.05) is 0 Å². The third-order valence-corrected chi connectivity index (χ3v) is 40.0. The predicted octanol–water partition coefficient (Wildman–Crippen LogP) is 10.9. The van der Waals surface area contributed by atoms with E-state index in [1.54, 1.807) is 0 Å². The van der Waals surface area contributed by atoms with E-state index in [9.17, 15) is 9.59 Å². The second-order valence-electron chi connectivity index (χ2n) is 14.1. The second kappa shape index (κ2) is 14.4. The molecule has 2 unspecified atom stereocenters. The van der Waals surface area contributed by atoms with Crippen molar-refractivity contribution in [1.82, 2.24) is 10.5 Å². The van der Waals surface area contributed by atoms with Gasteiger partial charge in [-0.05, 0) is 0 Å². The number of carbonyl (C=O) groups excluding carboxylic acids is 2. The van der Waals surface area contributed by atoms with E-state index in [1.165, 1.54) is 44.5 Å². The molecule has 50 heavy (non-hydrogen) atoms. The molecule has 2 aliphatic rings. The molecule has 2 aliphatic carbocycles. The van der Waals surface area contributed by atoms with Crippen molar-refractivity contribution in [2.24, 2.45) is 0 Å². The summed E-state index contributed by atoms with van der Waals surface area (Å²) < 4.78 is -1.65. The van der Waals surface area contributed by atoms with Crippen molar-refractivity contribution in [2.75, 3.05) is 0 Å². The van der Waals surface area contributed by atoms with Crippen LogP contribution in [0.2, 0.25) is 0 Å². The molecule has 4 nitrogen and oxygen atoms in total. The van der Waals surface area contributed by atoms with Gasteiger partial charge >= 0.3 is 308 Å². The van der Waals surface area contributed by atoms with Crippen molar-refractivity contribution in [3.05, 3.63) is 128 Å². The van der Waals surface area contributed by atoms with Crippen LogP contribution in [0.25, 0.3) is 34.4 Å². The Morgan fingerprint density at radius 2 is 1.00 bits per heavy atom. The van der Waals surface area contributed by atoms with Crippen LogP contribution in [0.3, 0.4) is 0 Å². The molecule has 2 N–H and O–H groups in total. The molecule has 0 radical (unpaired) electrons. The average Bonchev–Trinajstić information content (AvgIpc) is 3.67. The van der Waals surface area contributed by atoms with Gasteiger partial charge in [-0.2, -0.15) is 0 Å². The Kier molecular flexibility index (Phi) is 10.6. The summed E-state index contributed by atoms with van der Waals surface area (Å²) in [6.07, 6.45) is 9.29. The summed E-state index contributed by atoms with van der Waals surface area (Å²) in [5.74, 6) is 0. The number of halogens is 2. The molecule has 0 aliphatic heterocycles. The molecule has 0 saturated heterocycles. The van der Waals surface area contributed by atoms with Gasteiger partial charge in [0.05, 0.1) is 0 Å². The van der Waals surface area contributed by atoms with E-state index in [0.717, 1.165) is 59.1 Å². The Labute approximate surface area is 305 Å². The molecule has 0 fully saturated rings. The zero-order valence-electron chi connectivity index (χ0n) is 29.9. The van der Waals surface area contributed by atoms with Crippen LogP contribution < -0.4 is 10.5 Å². The number of amides is 2. The number of carbonyl (C=O) groups is 2. The minimum atomic E-state index is -5.98. The van der Waals surface area contributed by atoms with Crippen LogP contribution >= 0.6 is 17.2 Å². The van der Waals surface area contributed by atoms with Crippen molar-refractivity contribution in [1.29, 1.82) is 0 Å². The van der Waals surface area contributed by atoms with Crippen molar-refractivity contribution in [2.45, 2.75) is 74.6 Å². The first-order valence-corrected chi connectivity index (χ1v) is 32.9. The molecular formula is C42H46BCl2HfN2O2. The summed E-state index contributed by atoms with van der Waals surface area (Å²) in [5, 5.41) is 5.97. The van der Waals surface area contributed by atoms with Crippen LogP contribution in [0.1, 0.15) is 91.4 Å². The summed E-state index contributed by atoms with van der Waals surface area (Å²) in [6, 6.07) is 25.8. The van der Waals surface area contributed by atoms with Crippen molar-refractivity contribution in [3.63, 3.8) is 0 Å². The van der Waals surface area contributed by atoms with Crippen LogP contribution in [-0.4, -0.2) is 17.4 Å². The SMILES string of the molecule is CCCC1=Cc2c(-c3cccc(C)c3C)cccc2[CH]1[Hf]([Cl])([Cl])([B](NC=O)NC=O)[CH]1C(CCC)=Cc2c(-c3cccc(C)c3C)cccc21. The Morgan fingerprint density at radius 1 is 0.620 bits per heavy atom. The number of rotatable bonds is 13. The van der Waals surface area contributed by atoms with Crippen molar-refractivity contribution < 1.29 is 25.5 Å². The summed E-state index contributed by atoms with van der Waals surface area (Å²) in [5.41, 5.74) is 16.3. The molecule has 0 bridgehead atoms. The van der Waals surface area contributed by atoms with E-state index in [-0.39, 0.29) is 7.35 Å². The van der Waals surface area contributed by atoms with Gasteiger partial charge in [0.25, 0.3) is 0 Å². The number of hydrogen-bond donors (Lipinski definition) is 2. The van der Waals surface area contributed by atoms with Crippen LogP contribution in [-0.2, 0) is 25.5 Å². The fourth-order valence-electron chi connectivity index (χ4n) is 8.80. The summed E-state index contributed by atoms with van der Waals surface area (Å²) >= 11 is -5.98. The normalized spacial score (nSPS) is 17.2. The van der Waals surface area contributed by atoms with Gasteiger partial charge in [-0.3, -0.25) is 0 Å². The first-order valence-electron chi connectivity index (χ1n) is 17.8. The summed E-state index contributed by atoms with van der Waals surface area (Å²) in [4.78, 5) is 24.9. The van der Waals surface area contributed by atoms with Crippen molar-refractivity contribution in [3.8, 4) is 22.3 Å². The molecule has 2 amide bonds. The minimum absolute atomic E-state index is 0.360. The summed E-state index contributed by atoms with van der Waals surface area (Å²) in [6.45, 7) is 13.0. The molecular weight excluding hydrogens is 825 g/mol. The monoisotopic (exact) mass is 871 g/mol. The van der Waals surface area contributed by atoms with Gasteiger partial charge in [-0.15, -0.1) is 0 Å². The first kappa shape index (κ1) is 36.6. The van der Waals surface area contributed by atoms with Gasteiger partial charge in [-0.1, -0.05) is 0 Å². The molecule has 0 heterocycles. The number of benzene rings is 4. The third-order valence-electron chi connectivity index (χ3n) is 11.3. The Hall–Kier alpha value is -3.18. The number of hydrogen-bond acceptors (Lipinski definition) is 2. The van der Waals surface area contributed by atoms with Crippen LogP contribution in [0.4, 0.5) is 0 Å². The van der Waals surface area contributed by atoms with E-state index < -0.39 is 20.5 Å². The zero-order chi connectivity index (χ0) is 35.8. The Bertz CT molecular complexity index is 1910. The van der Waals surface area contributed by atoms with Crippen LogP contribution in [0.15, 0.2) is 83.9 Å². The maximum atomic E-state index is 12.5. The molecule has 0 spiro atoms. The standard InChI is InChI=1S/2C20H21.C2H3BN2O2.2ClH.Hf/c2*1-4-7-16-12-17-9-6-11-19(20(17)13-16)18-10-5-8-14(2)15(18)3;6-1-4-3-5-2-7;;;/h2*5-6,8-13H,4,7H2,1-3H3;1-2H,(H-,4,5,6,7);2*1H;/q;;;;;+1/p-1. The van der Waals surface area contributed by atoms with E-state index in [1.807, 2.05) is 0 Å². The fourth-order valence-corrected chi connectivity index (χ4v) is 38.5. The van der Waals surface area contributed by atoms with E-state index in [2.05, 4.69) is 137 Å². The second-order valence-corrected chi connectivity index (χ2v) is 44.6. The molecule has 0 aromatic heterocycles. The van der Waals surface area contributed by atoms with E-state index in [4.69, 9.17) is 17.2 Å². The maximum absolute atomic E-state index is 12.5. The molecule has 8 heteroatoms. The molecule has 257 valence electrons. The van der Waals surface area contributed by atoms with Gasteiger partial charge < -0.3 is 0 Å². The van der Waals surface area contributed by atoms with Crippen LogP contribution in [0, 0.1) is 27.7 Å². The quantitative estimate of drug-likeness (QED) is 0.104. The number of allylic oxidation sites excluding steroid dienone is 2. The fraction of sp³-hybridized carbons (Fsp3) is 0.286. The van der Waals surface area contributed by atoms with Gasteiger partial charge in [0.1, 0.15) is 0 Å². The third kappa shape index (κ3) is 5.89. The van der Waals surface area contributed by atoms with Crippen LogP contribution in [0.5, 0.6) is 0 Å². The topological polar surface area (TPSA) is 58.2 Å². The van der Waals surface area contributed by atoms with Gasteiger partial charge in [0.15, 0.2) is 0 Å². The van der Waals surface area contributed by atoms with E-state index in [0.29, 0.717) is 12.8 Å². The van der Waals surface area contributed by atoms with Gasteiger partial charge in [0.2, 0.25) is 0 Å². The molecule has 6 rings (SSSR count). The van der Waals surface area contributed by atoms with Crippen molar-refractivity contribution >= 4 is 46.7 Å². The first-order chi connectivity index (χ1) is 24.0. The number of aryl methyl sites for hydroxylation is 2. The predicted molar refractivity (Wildman–Crippen MR) is 210 cm³/mol. The molecule has 4 aromatic carbocycles. The molecule has 2 atom stereocenters. The Balaban J connectivity index is 1.68. The molecule has 4 aromatic rings. The van der Waals surface area contributed by atoms with Gasteiger partial charge in [-0.25, -0.2) is 0 Å². The zero-order valence-corrected chi connectivity index (χ0v) is 35.0. The van der Waals surface area contributed by atoms with E-state index >= 15 is 0 Å². The average molecular weight is 871 g/mol.